The summed E-state index contributed by atoms with van der Waals surface area (Å²) in [6.45, 7) is 0. The van der Waals surface area contributed by atoms with Crippen molar-refractivity contribution < 1.29 is 35.1 Å². The molecule has 0 bridgehead atoms. The van der Waals surface area contributed by atoms with Crippen LogP contribution < -0.4 is 22.9 Å². The molecule has 12 nitrogen and oxygen atoms in total. The van der Waals surface area contributed by atoms with Gasteiger partial charge in [-0.25, -0.2) is 16.8 Å². The van der Waals surface area contributed by atoms with Gasteiger partial charge in [0.2, 0.25) is 0 Å². The first-order chi connectivity index (χ1) is 13.5. The smallest absolute Gasteiger partial charge is 0.340 e. The Morgan fingerprint density at radius 2 is 0.900 bits per heavy atom. The maximum atomic E-state index is 11.0. The molecular formula is C16H26N6O6S2. The Morgan fingerprint density at radius 1 is 0.667 bits per heavy atom. The van der Waals surface area contributed by atoms with Gasteiger partial charge in [0.25, 0.3) is 0 Å². The van der Waals surface area contributed by atoms with E-state index in [1.165, 1.54) is 24.3 Å². The Morgan fingerprint density at radius 3 is 1.07 bits per heavy atom. The molecule has 0 spiro atoms. The number of fused-ring (bicyclic) bond motifs is 1. The lowest BCUT2D eigenvalue weighted by Gasteiger charge is -2.14. The van der Waals surface area contributed by atoms with Crippen molar-refractivity contribution >= 4 is 42.9 Å². The highest BCUT2D eigenvalue weighted by molar-refractivity contribution is 7.86. The quantitative estimate of drug-likeness (QED) is 0.162. The van der Waals surface area contributed by atoms with Crippen LogP contribution in [0.4, 0.5) is 0 Å². The average Bonchev–Trinajstić information content (AvgIpc) is 2.59. The van der Waals surface area contributed by atoms with Crippen molar-refractivity contribution in [2.45, 2.75) is 9.79 Å². The molecule has 0 aromatic heterocycles. The van der Waals surface area contributed by atoms with Crippen LogP contribution in [-0.4, -0.2) is 75.2 Å². The van der Waals surface area contributed by atoms with E-state index in [0.29, 0.717) is 11.9 Å². The summed E-state index contributed by atoms with van der Waals surface area (Å²) >= 11 is 0. The van der Waals surface area contributed by atoms with Crippen LogP contribution in [0.3, 0.4) is 0 Å². The second kappa shape index (κ2) is 10.7. The van der Waals surface area contributed by atoms with Gasteiger partial charge in [-0.05, 0) is 12.1 Å². The van der Waals surface area contributed by atoms with Crippen molar-refractivity contribution in [3.63, 3.8) is 0 Å². The van der Waals surface area contributed by atoms with Gasteiger partial charge in [-0.2, -0.15) is 0 Å². The van der Waals surface area contributed by atoms with Crippen LogP contribution in [0.1, 0.15) is 0 Å². The SMILES string of the molecule is C[N+](C)=C(N)N.C[N+](C)=C(N)N.O=S(=O)([O-])c1cccc2c(S(=O)(=O)[O-])cccc12. The van der Waals surface area contributed by atoms with Gasteiger partial charge >= 0.3 is 11.9 Å². The van der Waals surface area contributed by atoms with Crippen molar-refractivity contribution in [3.8, 4) is 0 Å². The second-order valence-corrected chi connectivity index (χ2v) is 8.85. The van der Waals surface area contributed by atoms with Crippen LogP contribution >= 0.6 is 0 Å². The van der Waals surface area contributed by atoms with E-state index in [2.05, 4.69) is 0 Å². The number of hydrogen-bond acceptors (Lipinski definition) is 6. The Balaban J connectivity index is 0.000000580. The number of hydrogen-bond donors (Lipinski definition) is 4. The molecule has 0 radical (unpaired) electrons. The van der Waals surface area contributed by atoms with Crippen molar-refractivity contribution in [1.82, 2.24) is 0 Å². The van der Waals surface area contributed by atoms with Gasteiger partial charge in [0.05, 0.1) is 38.0 Å². The van der Waals surface area contributed by atoms with Gasteiger partial charge in [-0.1, -0.05) is 24.3 Å². The lowest BCUT2D eigenvalue weighted by molar-refractivity contribution is -0.466. The standard InChI is InChI=1S/C10H8O6S2.2C3H9N3/c11-17(12,13)9-5-1-3-7-8(9)4-2-6-10(7)18(14,15)16;2*1-6(2)3(4)5/h1-6H,(H,11,12,13)(H,14,15,16);2*1-2H3,(H3,4,5). The highest BCUT2D eigenvalue weighted by atomic mass is 32.2. The summed E-state index contributed by atoms with van der Waals surface area (Å²) in [5.74, 6) is 0.685. The highest BCUT2D eigenvalue weighted by Crippen LogP contribution is 2.27. The zero-order valence-electron chi connectivity index (χ0n) is 16.9. The molecule has 0 fully saturated rings. The van der Waals surface area contributed by atoms with Gasteiger partial charge in [0.1, 0.15) is 20.2 Å². The molecule has 0 aliphatic heterocycles. The number of benzene rings is 2. The maximum absolute atomic E-state index is 11.0. The molecule has 0 aliphatic rings. The van der Waals surface area contributed by atoms with E-state index in [0.717, 1.165) is 12.1 Å². The fraction of sp³-hybridized carbons (Fsp3) is 0.250. The van der Waals surface area contributed by atoms with E-state index in [4.69, 9.17) is 22.9 Å². The predicted molar refractivity (Wildman–Crippen MR) is 111 cm³/mol. The van der Waals surface area contributed by atoms with Crippen LogP contribution in [-0.2, 0) is 20.2 Å². The van der Waals surface area contributed by atoms with E-state index in [-0.39, 0.29) is 10.8 Å². The van der Waals surface area contributed by atoms with Crippen LogP contribution in [0.15, 0.2) is 46.2 Å². The fourth-order valence-corrected chi connectivity index (χ4v) is 3.07. The summed E-state index contributed by atoms with van der Waals surface area (Å²) in [6.07, 6.45) is 0. The zero-order chi connectivity index (χ0) is 23.9. The molecule has 168 valence electrons. The van der Waals surface area contributed by atoms with E-state index < -0.39 is 30.0 Å². The third-order valence-electron chi connectivity index (χ3n) is 3.41. The van der Waals surface area contributed by atoms with Gasteiger partial charge in [0.15, 0.2) is 0 Å². The monoisotopic (exact) mass is 462 g/mol. The van der Waals surface area contributed by atoms with Crippen LogP contribution in [0.2, 0.25) is 0 Å². The molecule has 0 aliphatic carbocycles. The van der Waals surface area contributed by atoms with Crippen molar-refractivity contribution in [1.29, 1.82) is 0 Å². The largest absolute Gasteiger partial charge is 0.744 e. The first-order valence-electron chi connectivity index (χ1n) is 8.04. The third-order valence-corrected chi connectivity index (χ3v) is 5.20. The summed E-state index contributed by atoms with van der Waals surface area (Å²) in [5.41, 5.74) is 20.2. The molecule has 0 amide bonds. The Bertz CT molecular complexity index is 1040. The summed E-state index contributed by atoms with van der Waals surface area (Å²) in [7, 11) is -2.33. The molecule has 14 heteroatoms. The maximum Gasteiger partial charge on any atom is 0.340 e. The van der Waals surface area contributed by atoms with Crippen molar-refractivity contribution in [3.05, 3.63) is 36.4 Å². The number of guanidine groups is 2. The van der Waals surface area contributed by atoms with E-state index >= 15 is 0 Å². The fourth-order valence-electron chi connectivity index (χ4n) is 1.69. The lowest BCUT2D eigenvalue weighted by Crippen LogP contribution is -2.31. The minimum Gasteiger partial charge on any atom is -0.744 e. The molecule has 0 heterocycles. The highest BCUT2D eigenvalue weighted by Gasteiger charge is 2.12. The normalized spacial score (nSPS) is 10.7. The summed E-state index contributed by atoms with van der Waals surface area (Å²) in [6, 6.07) is 7.09. The molecule has 2 aromatic carbocycles. The van der Waals surface area contributed by atoms with E-state index in [1.807, 2.05) is 0 Å². The molecule has 30 heavy (non-hydrogen) atoms. The molecule has 0 unspecified atom stereocenters. The molecule has 0 saturated heterocycles. The summed E-state index contributed by atoms with van der Waals surface area (Å²) in [4.78, 5) is -1.10. The van der Waals surface area contributed by atoms with Crippen LogP contribution in [0.25, 0.3) is 10.8 Å². The third kappa shape index (κ3) is 8.60. The summed E-state index contributed by atoms with van der Waals surface area (Å²) < 4.78 is 69.4. The minimum atomic E-state index is -4.74. The van der Waals surface area contributed by atoms with E-state index in [1.54, 1.807) is 37.3 Å². The first kappa shape index (κ1) is 27.1. The Labute approximate surface area is 175 Å². The topological polar surface area (TPSA) is 224 Å². The first-order valence-corrected chi connectivity index (χ1v) is 10.9. The zero-order valence-corrected chi connectivity index (χ0v) is 18.6. The molecular weight excluding hydrogens is 436 g/mol. The lowest BCUT2D eigenvalue weighted by atomic mass is 10.1. The van der Waals surface area contributed by atoms with Gasteiger partial charge in [0, 0.05) is 10.8 Å². The minimum absolute atomic E-state index is 0.0792. The molecule has 2 aromatic rings. The van der Waals surface area contributed by atoms with E-state index in [9.17, 15) is 25.9 Å². The number of nitrogens with zero attached hydrogens (tertiary/aromatic N) is 2. The Kier molecular flexibility index (Phi) is 9.68. The molecule has 0 atom stereocenters. The van der Waals surface area contributed by atoms with Crippen molar-refractivity contribution in [2.75, 3.05) is 28.2 Å². The molecule has 0 saturated carbocycles. The van der Waals surface area contributed by atoms with Gasteiger partial charge in [-0.15, -0.1) is 0 Å². The molecule has 8 N–H and O–H groups in total. The predicted octanol–water partition coefficient (Wildman–Crippen LogP) is -2.29. The average molecular weight is 463 g/mol. The Hall–Kier alpha value is -2.94. The molecule has 2 rings (SSSR count). The second-order valence-electron chi connectivity index (χ2n) is 6.15. The van der Waals surface area contributed by atoms with Crippen LogP contribution in [0.5, 0.6) is 0 Å². The number of rotatable bonds is 2. The van der Waals surface area contributed by atoms with Gasteiger partial charge in [-0.3, -0.25) is 32.1 Å². The van der Waals surface area contributed by atoms with Crippen molar-refractivity contribution in [2.24, 2.45) is 22.9 Å². The van der Waals surface area contributed by atoms with Gasteiger partial charge < -0.3 is 9.11 Å². The number of nitrogens with two attached hydrogens (primary N) is 4. The summed E-state index contributed by atoms with van der Waals surface area (Å²) in [5, 5.41) is -0.158. The van der Waals surface area contributed by atoms with Crippen LogP contribution in [0, 0.1) is 0 Å².